The van der Waals surface area contributed by atoms with Crippen molar-refractivity contribution in [1.82, 2.24) is 0 Å². The lowest BCUT2D eigenvalue weighted by Gasteiger charge is -2.32. The van der Waals surface area contributed by atoms with Crippen LogP contribution < -0.4 is 9.47 Å². The Kier molecular flexibility index (Phi) is 16.0. The van der Waals surface area contributed by atoms with Crippen molar-refractivity contribution in [1.29, 1.82) is 0 Å². The highest BCUT2D eigenvalue weighted by Crippen LogP contribution is 2.53. The molecule has 0 aromatic heterocycles. The molecule has 0 aliphatic heterocycles. The summed E-state index contributed by atoms with van der Waals surface area (Å²) in [4.78, 5) is 36.4. The van der Waals surface area contributed by atoms with Crippen LogP contribution in [0.3, 0.4) is 0 Å². The molecule has 0 fully saturated rings. The van der Waals surface area contributed by atoms with Crippen LogP contribution in [0.15, 0.2) is 72.8 Å². The van der Waals surface area contributed by atoms with Crippen LogP contribution >= 0.6 is 0 Å². The van der Waals surface area contributed by atoms with E-state index in [-0.39, 0.29) is 31.3 Å². The number of carbonyl (C=O) groups is 3. The molecule has 16 heteroatoms. The maximum Gasteiger partial charge on any atom is 0.460 e. The lowest BCUT2D eigenvalue weighted by Crippen LogP contribution is -2.63. The van der Waals surface area contributed by atoms with Crippen molar-refractivity contribution < 1.29 is 72.8 Å². The number of hydrogen-bond donors (Lipinski definition) is 0. The van der Waals surface area contributed by atoms with Crippen molar-refractivity contribution in [2.75, 3.05) is 13.2 Å². The molecule has 0 unspecified atom stereocenters. The molecule has 302 valence electrons. The Labute approximate surface area is 312 Å². The predicted molar refractivity (Wildman–Crippen MR) is 183 cm³/mol. The Morgan fingerprint density at radius 2 is 1.07 bits per heavy atom. The maximum atomic E-state index is 13.5. The van der Waals surface area contributed by atoms with Crippen molar-refractivity contribution in [2.24, 2.45) is 0 Å². The molecule has 1 atom stereocenters. The molecule has 3 aromatic rings. The fraction of sp³-hybridized carbons (Fsp3) is 0.462. The number of ether oxygens (including phenoxy) is 4. The molecule has 0 aliphatic rings. The van der Waals surface area contributed by atoms with E-state index in [1.54, 1.807) is 48.5 Å². The predicted octanol–water partition coefficient (Wildman–Crippen LogP) is 11.0. The molecule has 55 heavy (non-hydrogen) atoms. The van der Waals surface area contributed by atoms with Crippen LogP contribution in [0.2, 0.25) is 0 Å². The van der Waals surface area contributed by atoms with Crippen molar-refractivity contribution in [3.8, 4) is 22.6 Å². The Hall–Kier alpha value is -4.76. The first-order chi connectivity index (χ1) is 25.8. The molecule has 0 radical (unpaired) electrons. The molecule has 0 amide bonds. The summed E-state index contributed by atoms with van der Waals surface area (Å²) in [6, 6.07) is 19.7. The molecule has 0 N–H and O–H groups in total. The van der Waals surface area contributed by atoms with Crippen LogP contribution in [-0.4, -0.2) is 61.2 Å². The summed E-state index contributed by atoms with van der Waals surface area (Å²) in [6.07, 6.45) is -1.22. The second-order valence-corrected chi connectivity index (χ2v) is 12.7. The molecular weight excluding hydrogens is 751 g/mol. The summed E-state index contributed by atoms with van der Waals surface area (Å²) in [7, 11) is 0. The van der Waals surface area contributed by atoms with Gasteiger partial charge in [-0.05, 0) is 105 Å². The van der Waals surface area contributed by atoms with Crippen LogP contribution in [0.1, 0.15) is 92.4 Å². The summed E-state index contributed by atoms with van der Waals surface area (Å²) in [5.41, 5.74) is 2.25. The van der Waals surface area contributed by atoms with Gasteiger partial charge in [-0.15, -0.1) is 0 Å². The number of alkyl halides is 9. The molecule has 0 heterocycles. The molecule has 0 aliphatic carbocycles. The fourth-order valence-corrected chi connectivity index (χ4v) is 5.04. The zero-order valence-corrected chi connectivity index (χ0v) is 30.0. The maximum absolute atomic E-state index is 13.5. The van der Waals surface area contributed by atoms with Crippen LogP contribution in [0.4, 0.5) is 39.5 Å². The average molecular weight is 793 g/mol. The Morgan fingerprint density at radius 1 is 0.582 bits per heavy atom. The zero-order chi connectivity index (χ0) is 40.9. The number of carbonyl (C=O) groups excluding carboxylic acids is 3. The SMILES string of the molecule is CCCCCC[C@H](C)OC(=O)c1ccc(OC(=O)c2ccc(-c3ccc(OCCCCCCOC(=O)C(F)(F)C(F)(F)C(F)(F)C(F)(F)F)cc3)cc2)cc1. The topological polar surface area (TPSA) is 88.1 Å². The van der Waals surface area contributed by atoms with E-state index in [2.05, 4.69) is 11.7 Å². The first kappa shape index (κ1) is 44.6. The first-order valence-electron chi connectivity index (χ1n) is 17.6. The van der Waals surface area contributed by atoms with Gasteiger partial charge in [-0.1, -0.05) is 50.5 Å². The van der Waals surface area contributed by atoms with Gasteiger partial charge in [0.2, 0.25) is 0 Å². The van der Waals surface area contributed by atoms with Crippen molar-refractivity contribution >= 4 is 17.9 Å². The number of halogens is 9. The van der Waals surface area contributed by atoms with E-state index in [4.69, 9.17) is 14.2 Å². The van der Waals surface area contributed by atoms with Gasteiger partial charge < -0.3 is 18.9 Å². The van der Waals surface area contributed by atoms with Gasteiger partial charge in [-0.25, -0.2) is 14.4 Å². The minimum atomic E-state index is -7.17. The largest absolute Gasteiger partial charge is 0.494 e. The third-order valence-electron chi connectivity index (χ3n) is 8.32. The van der Waals surface area contributed by atoms with E-state index < -0.39 is 48.5 Å². The van der Waals surface area contributed by atoms with E-state index in [0.29, 0.717) is 29.7 Å². The van der Waals surface area contributed by atoms with Gasteiger partial charge in [0.05, 0.1) is 30.4 Å². The number of esters is 3. The normalized spacial score (nSPS) is 12.9. The van der Waals surface area contributed by atoms with Crippen LogP contribution in [0, 0.1) is 0 Å². The van der Waals surface area contributed by atoms with Gasteiger partial charge >= 0.3 is 41.9 Å². The number of unbranched alkanes of at least 4 members (excludes halogenated alkanes) is 6. The molecule has 0 spiro atoms. The summed E-state index contributed by atoms with van der Waals surface area (Å²) >= 11 is 0. The quantitative estimate of drug-likeness (QED) is 0.0459. The van der Waals surface area contributed by atoms with Gasteiger partial charge in [0.1, 0.15) is 11.5 Å². The Morgan fingerprint density at radius 3 is 1.64 bits per heavy atom. The lowest BCUT2D eigenvalue weighted by atomic mass is 10.0. The third kappa shape index (κ3) is 12.1. The summed E-state index contributed by atoms with van der Waals surface area (Å²) in [5.74, 6) is -24.1. The second-order valence-electron chi connectivity index (χ2n) is 12.7. The molecule has 0 saturated heterocycles. The smallest absolute Gasteiger partial charge is 0.460 e. The number of benzene rings is 3. The molecule has 3 rings (SSSR count). The van der Waals surface area contributed by atoms with Gasteiger partial charge in [-0.2, -0.15) is 39.5 Å². The van der Waals surface area contributed by atoms with Crippen molar-refractivity contribution in [3.05, 3.63) is 83.9 Å². The molecule has 0 saturated carbocycles. The lowest BCUT2D eigenvalue weighted by molar-refractivity contribution is -0.390. The number of hydrogen-bond acceptors (Lipinski definition) is 7. The fourth-order valence-electron chi connectivity index (χ4n) is 5.04. The Balaban J connectivity index is 1.37. The van der Waals surface area contributed by atoms with Gasteiger partial charge in [-0.3, -0.25) is 0 Å². The zero-order valence-electron chi connectivity index (χ0n) is 30.0. The van der Waals surface area contributed by atoms with Gasteiger partial charge in [0.25, 0.3) is 0 Å². The molecule has 0 bridgehead atoms. The van der Waals surface area contributed by atoms with E-state index in [0.717, 1.165) is 43.2 Å². The van der Waals surface area contributed by atoms with E-state index in [1.807, 2.05) is 6.92 Å². The third-order valence-corrected chi connectivity index (χ3v) is 8.32. The van der Waals surface area contributed by atoms with Gasteiger partial charge in [0, 0.05) is 0 Å². The second kappa shape index (κ2) is 19.7. The highest BCUT2D eigenvalue weighted by atomic mass is 19.4. The molecule has 7 nitrogen and oxygen atoms in total. The van der Waals surface area contributed by atoms with E-state index >= 15 is 0 Å². The van der Waals surface area contributed by atoms with E-state index in [1.165, 1.54) is 24.3 Å². The summed E-state index contributed by atoms with van der Waals surface area (Å²) < 4.78 is 136. The number of rotatable bonds is 21. The van der Waals surface area contributed by atoms with Crippen molar-refractivity contribution in [3.63, 3.8) is 0 Å². The first-order valence-corrected chi connectivity index (χ1v) is 17.6. The minimum Gasteiger partial charge on any atom is -0.494 e. The van der Waals surface area contributed by atoms with Crippen molar-refractivity contribution in [2.45, 2.75) is 102 Å². The molecule has 3 aromatic carbocycles. The standard InChI is InChI=1S/C39H41F9O7/c1-3-4-5-8-11-26(2)54-33(49)30-18-22-32(23-19-30)55-34(50)29-14-12-27(13-15-29)28-16-20-31(21-17-28)52-24-9-6-7-10-25-53-35(51)36(40,41)37(42,43)38(44,45)39(46,47)48/h12-23,26H,3-11,24-25H2,1-2H3/t26-/m0/s1. The van der Waals surface area contributed by atoms with Gasteiger partial charge in [0.15, 0.2) is 0 Å². The highest BCUT2D eigenvalue weighted by molar-refractivity contribution is 5.92. The van der Waals surface area contributed by atoms with Crippen LogP contribution in [-0.2, 0) is 14.3 Å². The highest BCUT2D eigenvalue weighted by Gasteiger charge is 2.84. The summed E-state index contributed by atoms with van der Waals surface area (Å²) in [5, 5.41) is 0. The average Bonchev–Trinajstić information content (AvgIpc) is 3.14. The Bertz CT molecular complexity index is 1680. The van der Waals surface area contributed by atoms with Crippen LogP contribution in [0.25, 0.3) is 11.1 Å². The monoisotopic (exact) mass is 792 g/mol. The van der Waals surface area contributed by atoms with Crippen LogP contribution in [0.5, 0.6) is 11.5 Å². The van der Waals surface area contributed by atoms with E-state index in [9.17, 15) is 53.9 Å². The molecular formula is C39H41F9O7. The minimum absolute atomic E-state index is 0.155. The summed E-state index contributed by atoms with van der Waals surface area (Å²) in [6.45, 7) is 3.29.